The predicted molar refractivity (Wildman–Crippen MR) is 108 cm³/mol. The van der Waals surface area contributed by atoms with E-state index in [0.717, 1.165) is 47.6 Å². The van der Waals surface area contributed by atoms with E-state index in [1.807, 2.05) is 24.4 Å². The summed E-state index contributed by atoms with van der Waals surface area (Å²) in [5, 5.41) is 9.38. The summed E-state index contributed by atoms with van der Waals surface area (Å²) in [6, 6.07) is 7.82. The molecule has 1 aliphatic heterocycles. The van der Waals surface area contributed by atoms with E-state index in [1.54, 1.807) is 23.7 Å². The highest BCUT2D eigenvalue weighted by Crippen LogP contribution is 2.27. The molecule has 1 aliphatic rings. The number of nitrogens with zero attached hydrogens (tertiary/aromatic N) is 4. The summed E-state index contributed by atoms with van der Waals surface area (Å²) in [6.45, 7) is 2.19. The standard InChI is InChI=1S/C20H18N6OS/c27-20-15-12-26(11-14-10-22-25-18(14)17-2-1-9-28-17)8-5-16(15)23-19(24-20)13-3-6-21-7-4-13/h1-4,6-7,9-10H,5,8,11-12H2,(H,22,25)(H,23,24,27). The molecule has 4 aromatic rings. The van der Waals surface area contributed by atoms with Gasteiger partial charge in [-0.3, -0.25) is 19.8 Å². The van der Waals surface area contributed by atoms with Crippen molar-refractivity contribution in [2.75, 3.05) is 6.54 Å². The van der Waals surface area contributed by atoms with Gasteiger partial charge in [0.25, 0.3) is 5.56 Å². The topological polar surface area (TPSA) is 90.6 Å². The van der Waals surface area contributed by atoms with Crippen LogP contribution in [0.4, 0.5) is 0 Å². The molecule has 0 aliphatic carbocycles. The molecule has 28 heavy (non-hydrogen) atoms. The summed E-state index contributed by atoms with van der Waals surface area (Å²) in [6.07, 6.45) is 6.03. The van der Waals surface area contributed by atoms with E-state index < -0.39 is 0 Å². The van der Waals surface area contributed by atoms with Crippen LogP contribution < -0.4 is 5.56 Å². The summed E-state index contributed by atoms with van der Waals surface area (Å²) in [7, 11) is 0. The van der Waals surface area contributed by atoms with Gasteiger partial charge in [0.15, 0.2) is 0 Å². The normalized spacial score (nSPS) is 14.1. The fourth-order valence-corrected chi connectivity index (χ4v) is 4.32. The Kier molecular flexibility index (Phi) is 4.34. The van der Waals surface area contributed by atoms with Crippen LogP contribution in [0.1, 0.15) is 16.8 Å². The van der Waals surface area contributed by atoms with Crippen molar-refractivity contribution in [3.63, 3.8) is 0 Å². The molecule has 0 saturated carbocycles. The van der Waals surface area contributed by atoms with E-state index in [-0.39, 0.29) is 5.56 Å². The summed E-state index contributed by atoms with van der Waals surface area (Å²) in [5.74, 6) is 0.606. The maximum Gasteiger partial charge on any atom is 0.255 e. The van der Waals surface area contributed by atoms with Gasteiger partial charge in [0.2, 0.25) is 0 Å². The fraction of sp³-hybridized carbons (Fsp3) is 0.200. The summed E-state index contributed by atoms with van der Waals surface area (Å²) >= 11 is 1.69. The number of pyridine rings is 1. The molecule has 140 valence electrons. The first kappa shape index (κ1) is 17.0. The number of fused-ring (bicyclic) bond motifs is 1. The molecule has 0 bridgehead atoms. The lowest BCUT2D eigenvalue weighted by Crippen LogP contribution is -2.35. The molecule has 0 amide bonds. The van der Waals surface area contributed by atoms with Gasteiger partial charge in [-0.1, -0.05) is 6.07 Å². The molecular weight excluding hydrogens is 372 g/mol. The van der Waals surface area contributed by atoms with Gasteiger partial charge in [-0.25, -0.2) is 4.98 Å². The Hall–Kier alpha value is -3.10. The molecule has 2 N–H and O–H groups in total. The van der Waals surface area contributed by atoms with Crippen LogP contribution in [0.15, 0.2) is 53.0 Å². The van der Waals surface area contributed by atoms with Crippen LogP contribution in [-0.2, 0) is 19.5 Å². The largest absolute Gasteiger partial charge is 0.306 e. The van der Waals surface area contributed by atoms with Gasteiger partial charge in [-0.05, 0) is 23.6 Å². The van der Waals surface area contributed by atoms with Gasteiger partial charge in [0.05, 0.1) is 28.0 Å². The molecule has 0 aromatic carbocycles. The quantitative estimate of drug-likeness (QED) is 0.559. The van der Waals surface area contributed by atoms with E-state index in [4.69, 9.17) is 4.98 Å². The average molecular weight is 390 g/mol. The Labute approximate surface area is 165 Å². The van der Waals surface area contributed by atoms with Gasteiger partial charge in [-0.15, -0.1) is 11.3 Å². The molecule has 7 nitrogen and oxygen atoms in total. The lowest BCUT2D eigenvalue weighted by Gasteiger charge is -2.27. The van der Waals surface area contributed by atoms with Crippen LogP contribution in [0.3, 0.4) is 0 Å². The second kappa shape index (κ2) is 7.14. The second-order valence-corrected chi connectivity index (χ2v) is 7.73. The number of hydrogen-bond acceptors (Lipinski definition) is 6. The fourth-order valence-electron chi connectivity index (χ4n) is 3.57. The Bertz CT molecular complexity index is 1150. The molecule has 0 saturated heterocycles. The van der Waals surface area contributed by atoms with Crippen LogP contribution in [0, 0.1) is 0 Å². The van der Waals surface area contributed by atoms with E-state index in [1.165, 1.54) is 4.88 Å². The molecule has 0 unspecified atom stereocenters. The van der Waals surface area contributed by atoms with E-state index >= 15 is 0 Å². The molecule has 0 radical (unpaired) electrons. The highest BCUT2D eigenvalue weighted by molar-refractivity contribution is 7.13. The average Bonchev–Trinajstić information content (AvgIpc) is 3.40. The maximum absolute atomic E-state index is 12.7. The minimum Gasteiger partial charge on any atom is -0.306 e. The van der Waals surface area contributed by atoms with Crippen molar-refractivity contribution < 1.29 is 0 Å². The number of H-pyrrole nitrogens is 2. The zero-order chi connectivity index (χ0) is 18.9. The summed E-state index contributed by atoms with van der Waals surface area (Å²) in [5.41, 5.74) is 4.65. The first-order valence-corrected chi connectivity index (χ1v) is 9.97. The minimum absolute atomic E-state index is 0.0628. The first-order chi connectivity index (χ1) is 13.8. The highest BCUT2D eigenvalue weighted by atomic mass is 32.1. The smallest absolute Gasteiger partial charge is 0.255 e. The molecule has 8 heteroatoms. The van der Waals surface area contributed by atoms with Gasteiger partial charge >= 0.3 is 0 Å². The third-order valence-electron chi connectivity index (χ3n) is 4.98. The monoisotopic (exact) mass is 390 g/mol. The number of rotatable bonds is 4. The summed E-state index contributed by atoms with van der Waals surface area (Å²) in [4.78, 5) is 27.8. The molecule has 0 fully saturated rings. The SMILES string of the molecule is O=c1[nH]c(-c2ccncc2)nc2c1CN(Cc1cn[nH]c1-c1cccs1)CC2. The van der Waals surface area contributed by atoms with Crippen molar-refractivity contribution in [3.8, 4) is 22.0 Å². The van der Waals surface area contributed by atoms with Crippen molar-refractivity contribution in [2.45, 2.75) is 19.5 Å². The van der Waals surface area contributed by atoms with E-state index in [0.29, 0.717) is 12.4 Å². The van der Waals surface area contributed by atoms with E-state index in [2.05, 4.69) is 36.5 Å². The Morgan fingerprint density at radius 2 is 2.11 bits per heavy atom. The third-order valence-corrected chi connectivity index (χ3v) is 5.87. The molecular formula is C20H18N6OS. The second-order valence-electron chi connectivity index (χ2n) is 6.78. The summed E-state index contributed by atoms with van der Waals surface area (Å²) < 4.78 is 0. The van der Waals surface area contributed by atoms with Crippen molar-refractivity contribution in [2.24, 2.45) is 0 Å². The number of hydrogen-bond donors (Lipinski definition) is 2. The molecule has 5 heterocycles. The number of thiophene rings is 1. The minimum atomic E-state index is -0.0628. The molecule has 0 spiro atoms. The molecule has 4 aromatic heterocycles. The zero-order valence-corrected chi connectivity index (χ0v) is 15.9. The van der Waals surface area contributed by atoms with Crippen LogP contribution in [0.2, 0.25) is 0 Å². The van der Waals surface area contributed by atoms with Crippen molar-refractivity contribution in [1.82, 2.24) is 30.0 Å². The number of nitrogens with one attached hydrogen (secondary N) is 2. The Balaban J connectivity index is 1.39. The first-order valence-electron chi connectivity index (χ1n) is 9.09. The zero-order valence-electron chi connectivity index (χ0n) is 15.1. The highest BCUT2D eigenvalue weighted by Gasteiger charge is 2.23. The Morgan fingerprint density at radius 3 is 2.93 bits per heavy atom. The van der Waals surface area contributed by atoms with Crippen molar-refractivity contribution in [3.05, 3.63) is 75.4 Å². The van der Waals surface area contributed by atoms with Gasteiger partial charge in [0, 0.05) is 49.6 Å². The van der Waals surface area contributed by atoms with E-state index in [9.17, 15) is 4.79 Å². The third kappa shape index (κ3) is 3.17. The van der Waals surface area contributed by atoms with Crippen LogP contribution in [-0.4, -0.2) is 36.6 Å². The van der Waals surface area contributed by atoms with Gasteiger partial charge in [-0.2, -0.15) is 5.10 Å². The van der Waals surface area contributed by atoms with Crippen LogP contribution in [0.5, 0.6) is 0 Å². The van der Waals surface area contributed by atoms with Crippen molar-refractivity contribution in [1.29, 1.82) is 0 Å². The Morgan fingerprint density at radius 1 is 1.21 bits per heavy atom. The molecule has 0 atom stereocenters. The number of aromatic amines is 2. The van der Waals surface area contributed by atoms with Crippen molar-refractivity contribution >= 4 is 11.3 Å². The maximum atomic E-state index is 12.7. The van der Waals surface area contributed by atoms with Crippen LogP contribution in [0.25, 0.3) is 22.0 Å². The lowest BCUT2D eigenvalue weighted by molar-refractivity contribution is 0.242. The predicted octanol–water partition coefficient (Wildman–Crippen LogP) is 2.84. The molecule has 5 rings (SSSR count). The number of aromatic nitrogens is 5. The van der Waals surface area contributed by atoms with Gasteiger partial charge < -0.3 is 4.98 Å². The lowest BCUT2D eigenvalue weighted by atomic mass is 10.1. The van der Waals surface area contributed by atoms with Gasteiger partial charge in [0.1, 0.15) is 5.82 Å². The van der Waals surface area contributed by atoms with Crippen LogP contribution >= 0.6 is 11.3 Å².